The summed E-state index contributed by atoms with van der Waals surface area (Å²) in [6.07, 6.45) is 2.42. The molecule has 26 heavy (non-hydrogen) atoms. The first-order valence-corrected chi connectivity index (χ1v) is 9.68. The Morgan fingerprint density at radius 3 is 2.88 bits per heavy atom. The highest BCUT2D eigenvalue weighted by Gasteiger charge is 2.25. The van der Waals surface area contributed by atoms with Gasteiger partial charge in [0.25, 0.3) is 0 Å². The monoisotopic (exact) mass is 408 g/mol. The minimum absolute atomic E-state index is 0.242. The number of hydrogen-bond donors (Lipinski definition) is 2. The Bertz CT molecular complexity index is 929. The number of anilines is 2. The van der Waals surface area contributed by atoms with Crippen LogP contribution in [0.25, 0.3) is 0 Å². The third-order valence-electron chi connectivity index (χ3n) is 4.28. The first kappa shape index (κ1) is 17.5. The Kier molecular flexibility index (Phi) is 4.98. The van der Waals surface area contributed by atoms with Crippen molar-refractivity contribution >= 4 is 45.5 Å². The van der Waals surface area contributed by atoms with E-state index in [1.165, 1.54) is 23.5 Å². The summed E-state index contributed by atoms with van der Waals surface area (Å²) in [4.78, 5) is 9.74. The highest BCUT2D eigenvalue weighted by atomic mass is 35.5. The Balaban J connectivity index is 1.44. The summed E-state index contributed by atoms with van der Waals surface area (Å²) in [5, 5.41) is 8.45. The molecule has 2 aromatic heterocycles. The predicted molar refractivity (Wildman–Crippen MR) is 105 cm³/mol. The van der Waals surface area contributed by atoms with Gasteiger partial charge in [0.15, 0.2) is 5.13 Å². The van der Waals surface area contributed by atoms with E-state index in [9.17, 15) is 4.39 Å². The smallest absolute Gasteiger partial charge is 0.184 e. The Morgan fingerprint density at radius 2 is 2.08 bits per heavy atom. The van der Waals surface area contributed by atoms with Crippen molar-refractivity contribution in [1.82, 2.24) is 9.97 Å². The van der Waals surface area contributed by atoms with Gasteiger partial charge in [-0.25, -0.2) is 14.4 Å². The number of fused-ring (bicyclic) bond motifs is 1. The number of halogens is 3. The van der Waals surface area contributed by atoms with Gasteiger partial charge >= 0.3 is 0 Å². The van der Waals surface area contributed by atoms with E-state index in [0.29, 0.717) is 16.7 Å². The number of rotatable bonds is 5. The molecule has 0 bridgehead atoms. The average molecular weight is 409 g/mol. The van der Waals surface area contributed by atoms with E-state index in [1.807, 2.05) is 6.07 Å². The number of nitrogens with zero attached hydrogens (tertiary/aromatic N) is 2. The van der Waals surface area contributed by atoms with Gasteiger partial charge in [-0.15, -0.1) is 11.3 Å². The van der Waals surface area contributed by atoms with Gasteiger partial charge in [0.05, 0.1) is 5.02 Å². The second-order valence-corrected chi connectivity index (χ2v) is 7.96. The Morgan fingerprint density at radius 1 is 1.27 bits per heavy atom. The van der Waals surface area contributed by atoms with Crippen LogP contribution in [0.5, 0.6) is 0 Å². The van der Waals surface area contributed by atoms with Crippen LogP contribution in [0.15, 0.2) is 36.5 Å². The van der Waals surface area contributed by atoms with Crippen LogP contribution in [-0.2, 0) is 13.0 Å². The second-order valence-electron chi connectivity index (χ2n) is 6.09. The van der Waals surface area contributed by atoms with Crippen LogP contribution >= 0.6 is 34.5 Å². The van der Waals surface area contributed by atoms with Gasteiger partial charge in [0.1, 0.15) is 16.8 Å². The molecule has 3 heterocycles. The molecule has 0 saturated heterocycles. The molecule has 0 amide bonds. The normalized spacial score (nSPS) is 15.6. The number of aromatic nitrogens is 2. The average Bonchev–Trinajstić information content (AvgIpc) is 3.18. The van der Waals surface area contributed by atoms with Crippen molar-refractivity contribution in [1.29, 1.82) is 0 Å². The summed E-state index contributed by atoms with van der Waals surface area (Å²) in [6, 6.07) is 8.34. The predicted octanol–water partition coefficient (Wildman–Crippen LogP) is 5.35. The van der Waals surface area contributed by atoms with Crippen molar-refractivity contribution in [2.24, 2.45) is 0 Å². The van der Waals surface area contributed by atoms with Gasteiger partial charge in [-0.3, -0.25) is 0 Å². The van der Waals surface area contributed by atoms with Crippen LogP contribution in [-0.4, -0.2) is 16.5 Å². The summed E-state index contributed by atoms with van der Waals surface area (Å²) < 4.78 is 13.0. The van der Waals surface area contributed by atoms with Crippen LogP contribution in [0, 0.1) is 5.82 Å². The zero-order chi connectivity index (χ0) is 18.1. The summed E-state index contributed by atoms with van der Waals surface area (Å²) in [5.74, 6) is 0.905. The van der Waals surface area contributed by atoms with Gasteiger partial charge < -0.3 is 10.6 Å². The molecule has 0 aliphatic carbocycles. The van der Waals surface area contributed by atoms with Gasteiger partial charge in [-0.1, -0.05) is 35.3 Å². The summed E-state index contributed by atoms with van der Waals surface area (Å²) >= 11 is 13.9. The molecule has 3 aromatic rings. The van der Waals surface area contributed by atoms with Crippen molar-refractivity contribution in [3.63, 3.8) is 0 Å². The number of thiazole rings is 1. The maximum Gasteiger partial charge on any atom is 0.184 e. The fourth-order valence-corrected chi connectivity index (χ4v) is 4.39. The van der Waals surface area contributed by atoms with Crippen molar-refractivity contribution < 1.29 is 4.39 Å². The van der Waals surface area contributed by atoms with Crippen LogP contribution in [0.2, 0.25) is 10.2 Å². The topological polar surface area (TPSA) is 49.8 Å². The molecule has 4 nitrogen and oxygen atoms in total. The molecule has 0 fully saturated rings. The number of pyridine rings is 1. The Hall–Kier alpha value is -1.89. The van der Waals surface area contributed by atoms with E-state index >= 15 is 0 Å². The zero-order valence-electron chi connectivity index (χ0n) is 13.6. The van der Waals surface area contributed by atoms with Crippen LogP contribution in [0.4, 0.5) is 15.3 Å². The second kappa shape index (κ2) is 7.39. The molecule has 0 radical (unpaired) electrons. The molecule has 0 saturated carbocycles. The Labute approximate surface area is 164 Å². The van der Waals surface area contributed by atoms with Crippen LogP contribution < -0.4 is 10.6 Å². The SMILES string of the molecule is Fc1ccc(CNc2nc(Cl)c(CC3CNc4ncc(Cl)cc43)s2)cc1. The molecule has 1 aliphatic rings. The van der Waals surface area contributed by atoms with E-state index < -0.39 is 0 Å². The third-order valence-corrected chi connectivity index (χ3v) is 5.94. The fourth-order valence-electron chi connectivity index (χ4n) is 2.96. The van der Waals surface area contributed by atoms with Crippen molar-refractivity contribution in [3.05, 3.63) is 68.5 Å². The van der Waals surface area contributed by atoms with Gasteiger partial charge in [0.2, 0.25) is 0 Å². The van der Waals surface area contributed by atoms with Gasteiger partial charge in [-0.2, -0.15) is 0 Å². The molecule has 1 aromatic carbocycles. The largest absolute Gasteiger partial charge is 0.369 e. The van der Waals surface area contributed by atoms with Crippen molar-refractivity contribution in [2.75, 3.05) is 17.2 Å². The first-order valence-electron chi connectivity index (χ1n) is 8.11. The highest BCUT2D eigenvalue weighted by molar-refractivity contribution is 7.16. The molecule has 4 rings (SSSR count). The van der Waals surface area contributed by atoms with E-state index in [-0.39, 0.29) is 11.7 Å². The minimum Gasteiger partial charge on any atom is -0.369 e. The quantitative estimate of drug-likeness (QED) is 0.597. The van der Waals surface area contributed by atoms with Crippen LogP contribution in [0.1, 0.15) is 21.9 Å². The first-order chi connectivity index (χ1) is 12.6. The lowest BCUT2D eigenvalue weighted by atomic mass is 9.99. The molecule has 1 aliphatic heterocycles. The molecule has 2 N–H and O–H groups in total. The molecule has 1 unspecified atom stereocenters. The van der Waals surface area contributed by atoms with Crippen molar-refractivity contribution in [2.45, 2.75) is 18.9 Å². The lowest BCUT2D eigenvalue weighted by molar-refractivity contribution is 0.627. The van der Waals surface area contributed by atoms with E-state index in [4.69, 9.17) is 23.2 Å². The van der Waals surface area contributed by atoms with E-state index in [1.54, 1.807) is 18.3 Å². The summed E-state index contributed by atoms with van der Waals surface area (Å²) in [5.41, 5.74) is 2.09. The molecule has 134 valence electrons. The minimum atomic E-state index is -0.242. The molecule has 0 spiro atoms. The third kappa shape index (κ3) is 3.77. The lowest BCUT2D eigenvalue weighted by Gasteiger charge is -2.08. The number of benzene rings is 1. The van der Waals surface area contributed by atoms with Gasteiger partial charge in [-0.05, 0) is 30.2 Å². The standard InChI is InChI=1S/C18H15Cl2FN4S/c19-12-6-14-11(8-22-17(14)23-9-12)5-15-16(20)25-18(26-15)24-7-10-1-3-13(21)4-2-10/h1-4,6,9,11H,5,7-8H2,(H,22,23)(H,24,25). The van der Waals surface area contributed by atoms with E-state index in [2.05, 4.69) is 20.6 Å². The fraction of sp³-hybridized carbons (Fsp3) is 0.222. The highest BCUT2D eigenvalue weighted by Crippen LogP contribution is 2.37. The van der Waals surface area contributed by atoms with Crippen LogP contribution in [0.3, 0.4) is 0 Å². The maximum absolute atomic E-state index is 13.0. The molecule has 1 atom stereocenters. The lowest BCUT2D eigenvalue weighted by Crippen LogP contribution is -2.04. The number of hydrogen-bond acceptors (Lipinski definition) is 5. The van der Waals surface area contributed by atoms with Gasteiger partial charge in [0, 0.05) is 35.6 Å². The molecule has 8 heteroatoms. The number of nitrogens with one attached hydrogen (secondary N) is 2. The van der Waals surface area contributed by atoms with Crippen molar-refractivity contribution in [3.8, 4) is 0 Å². The zero-order valence-corrected chi connectivity index (χ0v) is 15.9. The van der Waals surface area contributed by atoms with E-state index in [0.717, 1.165) is 39.9 Å². The molecular formula is C18H15Cl2FN4S. The summed E-state index contributed by atoms with van der Waals surface area (Å²) in [6.45, 7) is 1.37. The maximum atomic E-state index is 13.0. The summed E-state index contributed by atoms with van der Waals surface area (Å²) in [7, 11) is 0. The molecular weight excluding hydrogens is 394 g/mol.